The van der Waals surface area contributed by atoms with E-state index in [4.69, 9.17) is 0 Å². The first-order chi connectivity index (χ1) is 14.1. The van der Waals surface area contributed by atoms with E-state index in [0.29, 0.717) is 0 Å². The van der Waals surface area contributed by atoms with Gasteiger partial charge in [-0.25, -0.2) is 0 Å². The molecule has 1 unspecified atom stereocenters. The van der Waals surface area contributed by atoms with Gasteiger partial charge < -0.3 is 10.2 Å². The van der Waals surface area contributed by atoms with Crippen LogP contribution in [0.5, 0.6) is 11.5 Å². The summed E-state index contributed by atoms with van der Waals surface area (Å²) >= 11 is 0. The number of phenolic OH excluding ortho intramolecular Hbond substituents is 2. The number of phenols is 2. The normalized spacial score (nSPS) is 20.7. The smallest absolute Gasteiger partial charge is 0.157 e. The Balaban J connectivity index is 1.57. The maximum atomic E-state index is 10.2. The molecule has 1 aliphatic heterocycles. The Kier molecular flexibility index (Phi) is 4.36. The minimum Gasteiger partial charge on any atom is -0.504 e. The lowest BCUT2D eigenvalue weighted by atomic mass is 9.57. The maximum Gasteiger partial charge on any atom is 0.157 e. The fourth-order valence-electron chi connectivity index (χ4n) is 5.39. The Morgan fingerprint density at radius 1 is 0.862 bits per heavy atom. The van der Waals surface area contributed by atoms with Crippen LogP contribution in [0.15, 0.2) is 66.7 Å². The number of benzene rings is 3. The first-order valence-corrected chi connectivity index (χ1v) is 10.5. The van der Waals surface area contributed by atoms with Crippen molar-refractivity contribution in [3.63, 3.8) is 0 Å². The molecule has 1 aliphatic carbocycles. The van der Waals surface area contributed by atoms with Crippen molar-refractivity contribution in [3.05, 3.63) is 83.4 Å². The molecule has 3 aromatic carbocycles. The van der Waals surface area contributed by atoms with Gasteiger partial charge in [0.1, 0.15) is 0 Å². The molecule has 0 aromatic heterocycles. The van der Waals surface area contributed by atoms with E-state index < -0.39 is 0 Å². The Hall–Kier alpha value is -2.78. The van der Waals surface area contributed by atoms with E-state index in [2.05, 4.69) is 60.5 Å². The van der Waals surface area contributed by atoms with E-state index in [1.54, 1.807) is 12.1 Å². The summed E-state index contributed by atoms with van der Waals surface area (Å²) in [5.41, 5.74) is 6.24. The highest BCUT2D eigenvalue weighted by atomic mass is 16.3. The molecule has 29 heavy (non-hydrogen) atoms. The largest absolute Gasteiger partial charge is 0.504 e. The molecule has 3 nitrogen and oxygen atoms in total. The van der Waals surface area contributed by atoms with E-state index in [1.165, 1.54) is 28.7 Å². The molecule has 3 heteroatoms. The van der Waals surface area contributed by atoms with E-state index >= 15 is 0 Å². The van der Waals surface area contributed by atoms with Gasteiger partial charge in [0.15, 0.2) is 11.5 Å². The first kappa shape index (κ1) is 18.3. The van der Waals surface area contributed by atoms with Gasteiger partial charge in [0.25, 0.3) is 0 Å². The lowest BCUT2D eigenvalue weighted by molar-refractivity contribution is 0.0715. The van der Waals surface area contributed by atoms with Crippen LogP contribution in [0.25, 0.3) is 11.1 Å². The molecule has 0 saturated heterocycles. The van der Waals surface area contributed by atoms with Crippen LogP contribution >= 0.6 is 0 Å². The number of nitrogens with zero attached hydrogens (tertiary/aromatic N) is 1. The molecule has 0 spiro atoms. The van der Waals surface area contributed by atoms with Gasteiger partial charge >= 0.3 is 0 Å². The summed E-state index contributed by atoms with van der Waals surface area (Å²) in [4.78, 5) is 2.43. The van der Waals surface area contributed by atoms with Gasteiger partial charge in [-0.05, 0) is 66.3 Å². The van der Waals surface area contributed by atoms with Gasteiger partial charge in [-0.15, -0.1) is 0 Å². The van der Waals surface area contributed by atoms with Crippen molar-refractivity contribution in [2.75, 3.05) is 13.6 Å². The molecule has 0 bridgehead atoms. The fraction of sp³-hybridized carbons (Fsp3) is 0.308. The first-order valence-electron chi connectivity index (χ1n) is 10.5. The Morgan fingerprint density at radius 3 is 2.17 bits per heavy atom. The molecule has 0 amide bonds. The van der Waals surface area contributed by atoms with Crippen molar-refractivity contribution in [2.24, 2.45) is 0 Å². The zero-order chi connectivity index (χ0) is 20.0. The molecular weight excluding hydrogens is 358 g/mol. The number of fused-ring (bicyclic) bond motifs is 1. The molecule has 1 atom stereocenters. The quantitative estimate of drug-likeness (QED) is 0.592. The molecule has 2 N–H and O–H groups in total. The number of hydrogen-bond acceptors (Lipinski definition) is 3. The third-order valence-electron chi connectivity index (χ3n) is 7.04. The fourth-order valence-corrected chi connectivity index (χ4v) is 5.39. The third kappa shape index (κ3) is 2.92. The molecule has 1 heterocycles. The van der Waals surface area contributed by atoms with Crippen LogP contribution in [0.4, 0.5) is 0 Å². The Labute approximate surface area is 172 Å². The van der Waals surface area contributed by atoms with Crippen LogP contribution in [-0.4, -0.2) is 28.7 Å². The standard InChI is InChI=1S/C26H27NO2/c1-27-15-12-20-16-23(28)24(29)17-22(20)25(27)26(13-5-14-26)21-10-8-19(9-11-21)18-6-3-2-4-7-18/h2-4,6-11,16-17,25,28-29H,5,12-15H2,1H3. The second-order valence-corrected chi connectivity index (χ2v) is 8.63. The maximum absolute atomic E-state index is 10.2. The summed E-state index contributed by atoms with van der Waals surface area (Å²) in [6.07, 6.45) is 4.42. The minimum absolute atomic E-state index is 0.0121. The number of hydrogen-bond donors (Lipinski definition) is 2. The lowest BCUT2D eigenvalue weighted by Crippen LogP contribution is -2.49. The molecule has 5 rings (SSSR count). The average Bonchev–Trinajstić information content (AvgIpc) is 2.71. The highest BCUT2D eigenvalue weighted by molar-refractivity contribution is 5.64. The van der Waals surface area contributed by atoms with Crippen LogP contribution in [0.1, 0.15) is 42.0 Å². The zero-order valence-electron chi connectivity index (χ0n) is 16.8. The summed E-state index contributed by atoms with van der Waals surface area (Å²) in [7, 11) is 2.19. The van der Waals surface area contributed by atoms with Gasteiger partial charge in [-0.2, -0.15) is 0 Å². The van der Waals surface area contributed by atoms with Crippen molar-refractivity contribution < 1.29 is 10.2 Å². The van der Waals surface area contributed by atoms with Crippen LogP contribution < -0.4 is 0 Å². The van der Waals surface area contributed by atoms with Crippen molar-refractivity contribution in [2.45, 2.75) is 37.1 Å². The third-order valence-corrected chi connectivity index (χ3v) is 7.04. The van der Waals surface area contributed by atoms with Crippen molar-refractivity contribution >= 4 is 0 Å². The van der Waals surface area contributed by atoms with E-state index in [-0.39, 0.29) is 23.0 Å². The molecule has 2 aliphatic rings. The summed E-state index contributed by atoms with van der Waals surface area (Å²) in [5, 5.41) is 20.2. The number of likely N-dealkylation sites (N-methyl/N-ethyl adjacent to an activating group) is 1. The second-order valence-electron chi connectivity index (χ2n) is 8.63. The number of rotatable bonds is 3. The summed E-state index contributed by atoms with van der Waals surface area (Å²) in [5.74, 6) is -0.0279. The SMILES string of the molecule is CN1CCc2cc(O)c(O)cc2C1C1(c2ccc(-c3ccccc3)cc2)CCC1. The molecule has 3 aromatic rings. The molecule has 148 valence electrons. The minimum atomic E-state index is -0.0158. The van der Waals surface area contributed by atoms with Gasteiger partial charge in [0, 0.05) is 18.0 Å². The second kappa shape index (κ2) is 6.93. The summed E-state index contributed by atoms with van der Waals surface area (Å²) in [6, 6.07) is 23.3. The summed E-state index contributed by atoms with van der Waals surface area (Å²) in [6.45, 7) is 0.964. The van der Waals surface area contributed by atoms with Crippen molar-refractivity contribution in [1.29, 1.82) is 0 Å². The van der Waals surface area contributed by atoms with Crippen LogP contribution in [0.2, 0.25) is 0 Å². The van der Waals surface area contributed by atoms with Gasteiger partial charge in [-0.1, -0.05) is 61.0 Å². The monoisotopic (exact) mass is 385 g/mol. The summed E-state index contributed by atoms with van der Waals surface area (Å²) < 4.78 is 0. The molecule has 1 fully saturated rings. The molecule has 0 radical (unpaired) electrons. The Morgan fingerprint density at radius 2 is 1.52 bits per heavy atom. The highest BCUT2D eigenvalue weighted by Gasteiger charge is 2.49. The predicted octanol–water partition coefficient (Wildman–Crippen LogP) is 5.42. The number of aromatic hydroxyl groups is 2. The van der Waals surface area contributed by atoms with Gasteiger partial charge in [0.2, 0.25) is 0 Å². The highest BCUT2D eigenvalue weighted by Crippen LogP contribution is 2.56. The van der Waals surface area contributed by atoms with E-state index in [0.717, 1.165) is 31.4 Å². The molecular formula is C26H27NO2. The molecule has 1 saturated carbocycles. The lowest BCUT2D eigenvalue weighted by Gasteiger charge is -2.53. The topological polar surface area (TPSA) is 43.7 Å². The van der Waals surface area contributed by atoms with Crippen LogP contribution in [-0.2, 0) is 11.8 Å². The van der Waals surface area contributed by atoms with Crippen LogP contribution in [0.3, 0.4) is 0 Å². The van der Waals surface area contributed by atoms with E-state index in [1.807, 2.05) is 6.07 Å². The zero-order valence-corrected chi connectivity index (χ0v) is 16.8. The van der Waals surface area contributed by atoms with Crippen molar-refractivity contribution in [3.8, 4) is 22.6 Å². The van der Waals surface area contributed by atoms with Crippen molar-refractivity contribution in [1.82, 2.24) is 4.90 Å². The average molecular weight is 386 g/mol. The Bertz CT molecular complexity index is 1020. The predicted molar refractivity (Wildman–Crippen MR) is 116 cm³/mol. The van der Waals surface area contributed by atoms with Gasteiger partial charge in [0.05, 0.1) is 0 Å². The van der Waals surface area contributed by atoms with Gasteiger partial charge in [-0.3, -0.25) is 4.90 Å². The van der Waals surface area contributed by atoms with Crippen LogP contribution in [0, 0.1) is 0 Å². The van der Waals surface area contributed by atoms with E-state index in [9.17, 15) is 10.2 Å².